The minimum atomic E-state index is -0.0702. The summed E-state index contributed by atoms with van der Waals surface area (Å²) in [6.45, 7) is 0.711. The molecule has 0 bridgehead atoms. The molecular weight excluding hydrogens is 360 g/mol. The lowest BCUT2D eigenvalue weighted by Crippen LogP contribution is -2.26. The Labute approximate surface area is 161 Å². The Kier molecular flexibility index (Phi) is 4.98. The first-order chi connectivity index (χ1) is 13.2. The molecule has 3 aromatic rings. The first kappa shape index (κ1) is 17.4. The van der Waals surface area contributed by atoms with Crippen molar-refractivity contribution in [3.63, 3.8) is 0 Å². The summed E-state index contributed by atoms with van der Waals surface area (Å²) in [6, 6.07) is 19.2. The maximum Gasteiger partial charge on any atom is 0.256 e. The summed E-state index contributed by atoms with van der Waals surface area (Å²) in [5.74, 6) is 1.38. The standard InChI is InChI=1S/C21H18N2O3S/c1-23(13-15-9-10-18-19(12-15)26-14-25-18)21(24)17-8-5-11-22-20(17)27-16-6-3-2-4-7-16/h2-12H,13-14H2,1H3. The molecule has 2 aromatic carbocycles. The highest BCUT2D eigenvalue weighted by Crippen LogP contribution is 2.33. The highest BCUT2D eigenvalue weighted by Gasteiger charge is 2.19. The molecule has 6 heteroatoms. The van der Waals surface area contributed by atoms with Crippen molar-refractivity contribution in [3.8, 4) is 11.5 Å². The van der Waals surface area contributed by atoms with Gasteiger partial charge < -0.3 is 14.4 Å². The van der Waals surface area contributed by atoms with E-state index in [1.807, 2.05) is 54.6 Å². The summed E-state index contributed by atoms with van der Waals surface area (Å²) < 4.78 is 10.7. The van der Waals surface area contributed by atoms with Crippen molar-refractivity contribution in [2.45, 2.75) is 16.5 Å². The van der Waals surface area contributed by atoms with Crippen molar-refractivity contribution in [2.24, 2.45) is 0 Å². The van der Waals surface area contributed by atoms with E-state index in [0.29, 0.717) is 17.1 Å². The van der Waals surface area contributed by atoms with E-state index in [1.165, 1.54) is 11.8 Å². The van der Waals surface area contributed by atoms with Crippen LogP contribution in [0.3, 0.4) is 0 Å². The summed E-state index contributed by atoms with van der Waals surface area (Å²) in [6.07, 6.45) is 1.71. The van der Waals surface area contributed by atoms with Gasteiger partial charge in [0.1, 0.15) is 5.03 Å². The van der Waals surface area contributed by atoms with Gasteiger partial charge in [0.25, 0.3) is 5.91 Å². The predicted molar refractivity (Wildman–Crippen MR) is 103 cm³/mol. The predicted octanol–water partition coefficient (Wildman–Crippen LogP) is 4.23. The zero-order valence-electron chi connectivity index (χ0n) is 14.8. The molecule has 5 nitrogen and oxygen atoms in total. The summed E-state index contributed by atoms with van der Waals surface area (Å²) in [7, 11) is 1.79. The molecule has 0 fully saturated rings. The molecule has 0 unspecified atom stereocenters. The molecule has 1 aliphatic heterocycles. The number of aromatic nitrogens is 1. The molecule has 0 atom stereocenters. The van der Waals surface area contributed by atoms with Crippen molar-refractivity contribution in [3.05, 3.63) is 78.0 Å². The van der Waals surface area contributed by atoms with Gasteiger partial charge >= 0.3 is 0 Å². The van der Waals surface area contributed by atoms with Crippen LogP contribution in [0.15, 0.2) is 76.8 Å². The van der Waals surface area contributed by atoms with E-state index in [2.05, 4.69) is 4.98 Å². The van der Waals surface area contributed by atoms with Crippen LogP contribution in [-0.4, -0.2) is 29.6 Å². The molecule has 1 amide bonds. The van der Waals surface area contributed by atoms with Crippen LogP contribution >= 0.6 is 11.8 Å². The summed E-state index contributed by atoms with van der Waals surface area (Å²) in [5.41, 5.74) is 1.57. The lowest BCUT2D eigenvalue weighted by molar-refractivity contribution is 0.0780. The molecule has 0 radical (unpaired) electrons. The number of fused-ring (bicyclic) bond motifs is 1. The second kappa shape index (κ2) is 7.72. The zero-order valence-corrected chi connectivity index (χ0v) is 15.6. The Bertz CT molecular complexity index is 963. The van der Waals surface area contributed by atoms with Crippen molar-refractivity contribution < 1.29 is 14.3 Å². The third-order valence-corrected chi connectivity index (χ3v) is 5.19. The van der Waals surface area contributed by atoms with Gasteiger partial charge in [-0.05, 0) is 42.0 Å². The van der Waals surface area contributed by atoms with Gasteiger partial charge in [-0.1, -0.05) is 36.0 Å². The van der Waals surface area contributed by atoms with Crippen molar-refractivity contribution in [2.75, 3.05) is 13.8 Å². The number of nitrogens with zero attached hydrogens (tertiary/aromatic N) is 2. The van der Waals surface area contributed by atoms with E-state index in [-0.39, 0.29) is 12.7 Å². The lowest BCUT2D eigenvalue weighted by Gasteiger charge is -2.19. The molecular formula is C21H18N2O3S. The number of carbonyl (C=O) groups excluding carboxylic acids is 1. The molecule has 0 saturated heterocycles. The largest absolute Gasteiger partial charge is 0.454 e. The molecule has 1 aliphatic rings. The first-order valence-electron chi connectivity index (χ1n) is 8.52. The number of carbonyl (C=O) groups is 1. The Morgan fingerprint density at radius 2 is 1.89 bits per heavy atom. The highest BCUT2D eigenvalue weighted by atomic mass is 32.2. The Hall–Kier alpha value is -2.99. The molecule has 4 rings (SSSR count). The van der Waals surface area contributed by atoms with E-state index in [4.69, 9.17) is 9.47 Å². The van der Waals surface area contributed by atoms with E-state index < -0.39 is 0 Å². The van der Waals surface area contributed by atoms with Gasteiger partial charge in [-0.25, -0.2) is 4.98 Å². The van der Waals surface area contributed by atoms with E-state index >= 15 is 0 Å². The van der Waals surface area contributed by atoms with Gasteiger partial charge in [-0.2, -0.15) is 0 Å². The van der Waals surface area contributed by atoms with Gasteiger partial charge in [0, 0.05) is 24.7 Å². The number of amides is 1. The average molecular weight is 378 g/mol. The molecule has 2 heterocycles. The number of hydrogen-bond donors (Lipinski definition) is 0. The van der Waals surface area contributed by atoms with Crippen LogP contribution in [0.25, 0.3) is 0 Å². The van der Waals surface area contributed by atoms with Crippen LogP contribution in [0, 0.1) is 0 Å². The third kappa shape index (κ3) is 3.90. The summed E-state index contributed by atoms with van der Waals surface area (Å²) in [4.78, 5) is 20.2. The fourth-order valence-electron chi connectivity index (χ4n) is 2.83. The van der Waals surface area contributed by atoms with Crippen LogP contribution in [0.1, 0.15) is 15.9 Å². The Morgan fingerprint density at radius 1 is 1.07 bits per heavy atom. The lowest BCUT2D eigenvalue weighted by atomic mass is 10.1. The average Bonchev–Trinajstić information content (AvgIpc) is 3.16. The Morgan fingerprint density at radius 3 is 2.74 bits per heavy atom. The monoisotopic (exact) mass is 378 g/mol. The molecule has 0 aliphatic carbocycles. The molecule has 27 heavy (non-hydrogen) atoms. The second-order valence-corrected chi connectivity index (χ2v) is 7.18. The summed E-state index contributed by atoms with van der Waals surface area (Å²) >= 11 is 1.49. The van der Waals surface area contributed by atoms with Crippen molar-refractivity contribution in [1.82, 2.24) is 9.88 Å². The van der Waals surface area contributed by atoms with Gasteiger partial charge in [-0.3, -0.25) is 4.79 Å². The topological polar surface area (TPSA) is 51.7 Å². The summed E-state index contributed by atoms with van der Waals surface area (Å²) in [5, 5.41) is 0.700. The molecule has 0 N–H and O–H groups in total. The zero-order chi connectivity index (χ0) is 18.6. The number of hydrogen-bond acceptors (Lipinski definition) is 5. The maximum atomic E-state index is 13.0. The van der Waals surface area contributed by atoms with Crippen molar-refractivity contribution in [1.29, 1.82) is 0 Å². The minimum Gasteiger partial charge on any atom is -0.454 e. The SMILES string of the molecule is CN(Cc1ccc2c(c1)OCO2)C(=O)c1cccnc1Sc1ccccc1. The second-order valence-electron chi connectivity index (χ2n) is 6.12. The quantitative estimate of drug-likeness (QED) is 0.665. The molecule has 0 spiro atoms. The number of benzene rings is 2. The fraction of sp³-hybridized carbons (Fsp3) is 0.143. The van der Waals surface area contributed by atoms with E-state index in [1.54, 1.807) is 24.2 Å². The van der Waals surface area contributed by atoms with Gasteiger partial charge in [-0.15, -0.1) is 0 Å². The van der Waals surface area contributed by atoms with Crippen LogP contribution in [0.5, 0.6) is 11.5 Å². The molecule has 1 aromatic heterocycles. The van der Waals surface area contributed by atoms with Gasteiger partial charge in [0.05, 0.1) is 5.56 Å². The van der Waals surface area contributed by atoms with Crippen LogP contribution < -0.4 is 9.47 Å². The van der Waals surface area contributed by atoms with Crippen molar-refractivity contribution >= 4 is 17.7 Å². The first-order valence-corrected chi connectivity index (χ1v) is 9.34. The molecule has 136 valence electrons. The smallest absolute Gasteiger partial charge is 0.256 e. The molecule has 0 saturated carbocycles. The number of ether oxygens (including phenoxy) is 2. The fourth-order valence-corrected chi connectivity index (χ4v) is 3.72. The van der Waals surface area contributed by atoms with Crippen LogP contribution in [-0.2, 0) is 6.54 Å². The maximum absolute atomic E-state index is 13.0. The van der Waals surface area contributed by atoms with Gasteiger partial charge in [0.2, 0.25) is 6.79 Å². The third-order valence-electron chi connectivity index (χ3n) is 4.16. The van der Waals surface area contributed by atoms with Crippen LogP contribution in [0.2, 0.25) is 0 Å². The normalized spacial score (nSPS) is 12.0. The van der Waals surface area contributed by atoms with E-state index in [0.717, 1.165) is 22.0 Å². The van der Waals surface area contributed by atoms with E-state index in [9.17, 15) is 4.79 Å². The van der Waals surface area contributed by atoms with Gasteiger partial charge in [0.15, 0.2) is 11.5 Å². The Balaban J connectivity index is 1.52. The highest BCUT2D eigenvalue weighted by molar-refractivity contribution is 7.99. The minimum absolute atomic E-state index is 0.0702. The number of rotatable bonds is 5. The number of pyridine rings is 1. The van der Waals surface area contributed by atoms with Crippen LogP contribution in [0.4, 0.5) is 0 Å².